The number of rotatable bonds is 2. The lowest BCUT2D eigenvalue weighted by molar-refractivity contribution is 0.0256. The normalized spacial score (nSPS) is 19.6. The van der Waals surface area contributed by atoms with Crippen LogP contribution >= 0.6 is 0 Å². The Morgan fingerprint density at radius 2 is 2.12 bits per heavy atom. The van der Waals surface area contributed by atoms with Gasteiger partial charge in [-0.2, -0.15) is 0 Å². The van der Waals surface area contributed by atoms with Crippen molar-refractivity contribution in [2.75, 3.05) is 6.54 Å². The smallest absolute Gasteiger partial charge is 0.275 e. The highest BCUT2D eigenvalue weighted by molar-refractivity contribution is 6.09. The molecule has 0 radical (unpaired) electrons. The molecule has 3 aromatic rings. The topological polar surface area (TPSA) is 66.2 Å². The number of H-pyrrole nitrogens is 1. The van der Waals surface area contributed by atoms with E-state index in [-0.39, 0.29) is 24.4 Å². The van der Waals surface area contributed by atoms with Gasteiger partial charge in [-0.15, -0.1) is 0 Å². The number of nitrogens with one attached hydrogen (secondary N) is 3. The first-order valence-corrected chi connectivity index (χ1v) is 8.81. The molecule has 2 aliphatic rings. The van der Waals surface area contributed by atoms with Crippen molar-refractivity contribution >= 4 is 16.8 Å². The lowest BCUT2D eigenvalue weighted by Gasteiger charge is -2.13. The molecule has 2 aliphatic heterocycles. The van der Waals surface area contributed by atoms with Crippen LogP contribution in [0.25, 0.3) is 22.2 Å². The van der Waals surface area contributed by atoms with Gasteiger partial charge >= 0.3 is 0 Å². The first-order valence-electron chi connectivity index (χ1n) is 8.81. The van der Waals surface area contributed by atoms with Gasteiger partial charge in [-0.3, -0.25) is 9.63 Å². The molecule has 1 atom stereocenters. The average Bonchev–Trinajstić information content (AvgIpc) is 3.26. The zero-order chi connectivity index (χ0) is 17.7. The van der Waals surface area contributed by atoms with Gasteiger partial charge in [0.15, 0.2) is 0 Å². The molecule has 26 heavy (non-hydrogen) atoms. The predicted molar refractivity (Wildman–Crippen MR) is 95.9 cm³/mol. The van der Waals surface area contributed by atoms with Crippen molar-refractivity contribution in [2.45, 2.75) is 25.5 Å². The summed E-state index contributed by atoms with van der Waals surface area (Å²) >= 11 is 0. The summed E-state index contributed by atoms with van der Waals surface area (Å²) in [5.41, 5.74) is 6.95. The third-order valence-electron chi connectivity index (χ3n) is 5.28. The minimum absolute atomic E-state index is 0.0880. The Morgan fingerprint density at radius 3 is 2.92 bits per heavy atom. The maximum absolute atomic E-state index is 14.8. The summed E-state index contributed by atoms with van der Waals surface area (Å²) < 4.78 is 14.8. The number of hydrogen-bond donors (Lipinski definition) is 3. The van der Waals surface area contributed by atoms with Crippen molar-refractivity contribution in [3.63, 3.8) is 0 Å². The summed E-state index contributed by atoms with van der Waals surface area (Å²) in [5.74, 6) is -0.481. The minimum atomic E-state index is -0.270. The van der Waals surface area contributed by atoms with Gasteiger partial charge in [0.05, 0.1) is 11.3 Å². The third-order valence-corrected chi connectivity index (χ3v) is 5.28. The van der Waals surface area contributed by atoms with E-state index in [1.54, 1.807) is 12.1 Å². The Bertz CT molecular complexity index is 1020. The molecule has 132 valence electrons. The van der Waals surface area contributed by atoms with Crippen LogP contribution in [0.15, 0.2) is 36.4 Å². The van der Waals surface area contributed by atoms with Crippen LogP contribution in [-0.2, 0) is 11.4 Å². The largest absolute Gasteiger partial charge is 0.354 e. The molecular weight excluding hydrogens is 333 g/mol. The van der Waals surface area contributed by atoms with Gasteiger partial charge in [-0.05, 0) is 37.6 Å². The summed E-state index contributed by atoms with van der Waals surface area (Å²) in [5, 5.41) is 4.17. The molecule has 0 aliphatic carbocycles. The average molecular weight is 351 g/mol. The van der Waals surface area contributed by atoms with Crippen LogP contribution in [0.3, 0.4) is 0 Å². The van der Waals surface area contributed by atoms with Crippen LogP contribution in [-0.4, -0.2) is 17.4 Å². The van der Waals surface area contributed by atoms with Crippen LogP contribution in [0.4, 0.5) is 4.39 Å². The maximum atomic E-state index is 14.8. The van der Waals surface area contributed by atoms with Gasteiger partial charge in [0.1, 0.15) is 12.4 Å². The number of carbonyl (C=O) groups is 1. The quantitative estimate of drug-likeness (QED) is 0.661. The highest BCUT2D eigenvalue weighted by Gasteiger charge is 2.24. The van der Waals surface area contributed by atoms with E-state index in [2.05, 4.69) is 15.8 Å². The van der Waals surface area contributed by atoms with Crippen LogP contribution in [0.1, 0.15) is 40.4 Å². The summed E-state index contributed by atoms with van der Waals surface area (Å²) in [6.07, 6.45) is 2.03. The minimum Gasteiger partial charge on any atom is -0.354 e. The molecular formula is C20H18FN3O2. The summed E-state index contributed by atoms with van der Waals surface area (Å²) in [6.45, 7) is 1.16. The first kappa shape index (κ1) is 15.5. The first-order chi connectivity index (χ1) is 12.7. The molecule has 0 saturated carbocycles. The second kappa shape index (κ2) is 5.93. The van der Waals surface area contributed by atoms with Crippen LogP contribution in [0, 0.1) is 5.82 Å². The molecule has 1 aromatic heterocycles. The lowest BCUT2D eigenvalue weighted by atomic mass is 9.99. The molecule has 0 spiro atoms. The Kier molecular flexibility index (Phi) is 3.55. The van der Waals surface area contributed by atoms with Gasteiger partial charge in [0.2, 0.25) is 0 Å². The van der Waals surface area contributed by atoms with E-state index in [1.807, 2.05) is 24.3 Å². The molecule has 0 bridgehead atoms. The summed E-state index contributed by atoms with van der Waals surface area (Å²) in [7, 11) is 0. The molecule has 0 unspecified atom stereocenters. The van der Waals surface area contributed by atoms with Gasteiger partial charge in [0.25, 0.3) is 5.91 Å². The van der Waals surface area contributed by atoms with Gasteiger partial charge in [-0.1, -0.05) is 18.2 Å². The van der Waals surface area contributed by atoms with Crippen molar-refractivity contribution < 1.29 is 14.0 Å². The number of halogens is 1. The fourth-order valence-corrected chi connectivity index (χ4v) is 4.04. The highest BCUT2D eigenvalue weighted by atomic mass is 19.1. The monoisotopic (exact) mass is 351 g/mol. The van der Waals surface area contributed by atoms with Crippen LogP contribution in [0.5, 0.6) is 0 Å². The molecule has 5 nitrogen and oxygen atoms in total. The molecule has 5 rings (SSSR count). The van der Waals surface area contributed by atoms with Crippen LogP contribution < -0.4 is 10.8 Å². The molecule has 3 N–H and O–H groups in total. The Labute approximate surface area is 149 Å². The van der Waals surface area contributed by atoms with Gasteiger partial charge in [-0.25, -0.2) is 9.87 Å². The third kappa shape index (κ3) is 2.34. The van der Waals surface area contributed by atoms with Crippen molar-refractivity contribution in [1.82, 2.24) is 15.8 Å². The second-order valence-corrected chi connectivity index (χ2v) is 6.81. The van der Waals surface area contributed by atoms with E-state index in [1.165, 1.54) is 0 Å². The molecule has 6 heteroatoms. The molecule has 3 heterocycles. The van der Waals surface area contributed by atoms with Gasteiger partial charge < -0.3 is 10.3 Å². The van der Waals surface area contributed by atoms with E-state index < -0.39 is 0 Å². The van der Waals surface area contributed by atoms with E-state index in [0.29, 0.717) is 11.1 Å². The Balaban J connectivity index is 1.65. The number of aromatic amines is 1. The maximum Gasteiger partial charge on any atom is 0.275 e. The predicted octanol–water partition coefficient (Wildman–Crippen LogP) is 3.57. The summed E-state index contributed by atoms with van der Waals surface area (Å²) in [6, 6.07) is 10.9. The number of benzene rings is 2. The zero-order valence-electron chi connectivity index (χ0n) is 14.1. The van der Waals surface area contributed by atoms with Crippen molar-refractivity contribution in [2.24, 2.45) is 0 Å². The SMILES string of the molecule is O=C1NOCc2c(-c3ccc([C@H]4CCCN4)c(F)c3)[nH]c3cccc1c23. The fourth-order valence-electron chi connectivity index (χ4n) is 4.04. The number of hydrogen-bond acceptors (Lipinski definition) is 3. The van der Waals surface area contributed by atoms with E-state index >= 15 is 0 Å². The number of aromatic nitrogens is 1. The number of amides is 1. The Hall–Kier alpha value is -2.70. The molecule has 1 saturated heterocycles. The lowest BCUT2D eigenvalue weighted by Crippen LogP contribution is -2.21. The zero-order valence-corrected chi connectivity index (χ0v) is 14.1. The van der Waals surface area contributed by atoms with E-state index in [9.17, 15) is 9.18 Å². The van der Waals surface area contributed by atoms with Crippen molar-refractivity contribution in [3.05, 3.63) is 58.9 Å². The Morgan fingerprint density at radius 1 is 1.19 bits per heavy atom. The van der Waals surface area contributed by atoms with Crippen molar-refractivity contribution in [3.8, 4) is 11.3 Å². The highest BCUT2D eigenvalue weighted by Crippen LogP contribution is 2.36. The van der Waals surface area contributed by atoms with Crippen molar-refractivity contribution in [1.29, 1.82) is 0 Å². The molecule has 1 amide bonds. The fraction of sp³-hybridized carbons (Fsp3) is 0.250. The number of carbonyl (C=O) groups excluding carboxylic acids is 1. The van der Waals surface area contributed by atoms with E-state index in [0.717, 1.165) is 47.1 Å². The molecule has 2 aromatic carbocycles. The van der Waals surface area contributed by atoms with Crippen LogP contribution in [0.2, 0.25) is 0 Å². The summed E-state index contributed by atoms with van der Waals surface area (Å²) in [4.78, 5) is 20.8. The number of hydroxylamine groups is 1. The van der Waals surface area contributed by atoms with Gasteiger partial charge in [0, 0.05) is 33.6 Å². The van der Waals surface area contributed by atoms with E-state index in [4.69, 9.17) is 4.84 Å². The molecule has 1 fully saturated rings. The second-order valence-electron chi connectivity index (χ2n) is 6.81. The standard InChI is InChI=1S/C20H18FN3O2/c21-15-9-11(6-7-12(15)16-5-2-8-22-16)19-14-10-26-24-20(25)13-3-1-4-17(23-19)18(13)14/h1,3-4,6-7,9,16,22-23H,2,5,8,10H2,(H,24,25)/t16-/m1/s1.